The maximum absolute atomic E-state index is 7.09. The predicted octanol–water partition coefficient (Wildman–Crippen LogP) is 14.4. The molecule has 0 fully saturated rings. The Labute approximate surface area is 318 Å². The highest BCUT2D eigenvalue weighted by molar-refractivity contribution is 7.26. The molecule has 1 unspecified atom stereocenters. The largest absolute Gasteiger partial charge is 0.464 e. The van der Waals surface area contributed by atoms with Crippen molar-refractivity contribution in [3.05, 3.63) is 175 Å². The van der Waals surface area contributed by atoms with Gasteiger partial charge in [-0.1, -0.05) is 127 Å². The number of thiophene rings is 2. The minimum atomic E-state index is -0.334. The van der Waals surface area contributed by atoms with E-state index < -0.39 is 0 Å². The van der Waals surface area contributed by atoms with Crippen molar-refractivity contribution in [2.75, 3.05) is 5.32 Å². The molecule has 4 heterocycles. The smallest absolute Gasteiger partial charge is 0.197 e. The third-order valence-corrected chi connectivity index (χ3v) is 13.5. The molecular formula is C49H30N2OS2. The summed E-state index contributed by atoms with van der Waals surface area (Å²) in [4.78, 5) is 0. The van der Waals surface area contributed by atoms with Crippen molar-refractivity contribution in [2.45, 2.75) is 6.23 Å². The van der Waals surface area contributed by atoms with Crippen LogP contribution in [0, 0.1) is 0 Å². The molecule has 12 rings (SSSR count). The number of anilines is 1. The number of para-hydroxylation sites is 2. The van der Waals surface area contributed by atoms with Crippen LogP contribution in [0.5, 0.6) is 5.75 Å². The molecule has 8 aromatic carbocycles. The van der Waals surface area contributed by atoms with E-state index in [1.807, 2.05) is 22.7 Å². The molecule has 0 saturated carbocycles. The summed E-state index contributed by atoms with van der Waals surface area (Å²) in [5, 5.41) is 11.2. The molecular weight excluding hydrogens is 697 g/mol. The van der Waals surface area contributed by atoms with Crippen molar-refractivity contribution in [2.24, 2.45) is 0 Å². The van der Waals surface area contributed by atoms with E-state index in [9.17, 15) is 0 Å². The second-order valence-corrected chi connectivity index (χ2v) is 16.1. The number of hydrogen-bond acceptors (Lipinski definition) is 4. The van der Waals surface area contributed by atoms with Crippen LogP contribution in [-0.2, 0) is 0 Å². The van der Waals surface area contributed by atoms with Crippen LogP contribution >= 0.6 is 22.7 Å². The number of nitrogens with one attached hydrogen (secondary N) is 1. The van der Waals surface area contributed by atoms with Crippen molar-refractivity contribution < 1.29 is 4.74 Å². The maximum Gasteiger partial charge on any atom is 0.197 e. The molecule has 0 amide bonds. The van der Waals surface area contributed by atoms with E-state index in [2.05, 4.69) is 180 Å². The normalized spacial score (nSPS) is 14.0. The van der Waals surface area contributed by atoms with Crippen molar-refractivity contribution in [3.63, 3.8) is 0 Å². The van der Waals surface area contributed by atoms with Gasteiger partial charge in [-0.15, -0.1) is 22.7 Å². The molecule has 3 nitrogen and oxygen atoms in total. The standard InChI is InChI=1S/C49H30N2OS2/c1-2-12-29(13-3-1)30-14-10-15-31(28-30)32-19-11-20-36-45-43(54-47(32)36)27-25-38-46(45)52-49(50-38)37-24-26-41(48-44(37)35-18-6-9-23-42(35)53-48)51-39-21-7-4-16-33(39)34-17-5-8-22-40(34)51/h1-28,49-50H. The van der Waals surface area contributed by atoms with Crippen LogP contribution in [0.15, 0.2) is 170 Å². The number of fused-ring (bicyclic) bond motifs is 11. The van der Waals surface area contributed by atoms with Crippen LogP contribution in [-0.4, -0.2) is 4.57 Å². The highest BCUT2D eigenvalue weighted by atomic mass is 32.1. The molecule has 54 heavy (non-hydrogen) atoms. The van der Waals surface area contributed by atoms with Gasteiger partial charge in [-0.3, -0.25) is 0 Å². The van der Waals surface area contributed by atoms with Gasteiger partial charge < -0.3 is 14.6 Å². The lowest BCUT2D eigenvalue weighted by Crippen LogP contribution is -2.11. The zero-order chi connectivity index (χ0) is 35.3. The van der Waals surface area contributed by atoms with Crippen LogP contribution in [0.1, 0.15) is 11.8 Å². The van der Waals surface area contributed by atoms with Crippen LogP contribution < -0.4 is 10.1 Å². The molecule has 5 heteroatoms. The average Bonchev–Trinajstić information content (AvgIpc) is 4.01. The van der Waals surface area contributed by atoms with E-state index >= 15 is 0 Å². The molecule has 0 bridgehead atoms. The Balaban J connectivity index is 1.01. The van der Waals surface area contributed by atoms with E-state index in [1.165, 1.54) is 90.1 Å². The lowest BCUT2D eigenvalue weighted by Gasteiger charge is -2.16. The fraction of sp³-hybridized carbons (Fsp3) is 0.0204. The van der Waals surface area contributed by atoms with Crippen LogP contribution in [0.4, 0.5) is 5.69 Å². The first-order valence-corrected chi connectivity index (χ1v) is 19.9. The highest BCUT2D eigenvalue weighted by Gasteiger charge is 2.30. The first-order valence-electron chi connectivity index (χ1n) is 18.3. The van der Waals surface area contributed by atoms with Gasteiger partial charge in [0, 0.05) is 52.0 Å². The number of hydrogen-bond donors (Lipinski definition) is 1. The zero-order valence-electron chi connectivity index (χ0n) is 28.9. The van der Waals surface area contributed by atoms with Gasteiger partial charge in [0.1, 0.15) is 0 Å². The topological polar surface area (TPSA) is 26.2 Å². The van der Waals surface area contributed by atoms with E-state index in [1.54, 1.807) is 0 Å². The number of rotatable bonds is 4. The predicted molar refractivity (Wildman–Crippen MR) is 231 cm³/mol. The minimum Gasteiger partial charge on any atom is -0.464 e. The summed E-state index contributed by atoms with van der Waals surface area (Å²) in [6.45, 7) is 0. The van der Waals surface area contributed by atoms with Crippen molar-refractivity contribution >= 4 is 90.5 Å². The van der Waals surface area contributed by atoms with Crippen molar-refractivity contribution in [1.82, 2.24) is 4.57 Å². The average molecular weight is 727 g/mol. The van der Waals surface area contributed by atoms with Crippen LogP contribution in [0.2, 0.25) is 0 Å². The Morgan fingerprint density at radius 3 is 1.98 bits per heavy atom. The SMILES string of the molecule is c1ccc(-c2cccc(-c3cccc4c3sc3ccc5c(c34)OC(c3ccc(-n4c6ccccc6c6ccccc64)c4sc6ccccc6c34)N5)c2)cc1. The summed E-state index contributed by atoms with van der Waals surface area (Å²) in [6.07, 6.45) is -0.334. The molecule has 1 N–H and O–H groups in total. The zero-order valence-corrected chi connectivity index (χ0v) is 30.5. The Kier molecular flexibility index (Phi) is 6.44. The molecule has 0 saturated heterocycles. The van der Waals surface area contributed by atoms with Gasteiger partial charge in [0.05, 0.1) is 27.1 Å². The van der Waals surface area contributed by atoms with Gasteiger partial charge >= 0.3 is 0 Å². The minimum absolute atomic E-state index is 0.334. The number of ether oxygens (including phenoxy) is 1. The maximum atomic E-state index is 7.09. The molecule has 3 aromatic heterocycles. The quantitative estimate of drug-likeness (QED) is 0.195. The molecule has 0 aliphatic carbocycles. The van der Waals surface area contributed by atoms with Crippen LogP contribution in [0.25, 0.3) is 90.1 Å². The van der Waals surface area contributed by atoms with Gasteiger partial charge in [-0.05, 0) is 64.7 Å². The van der Waals surface area contributed by atoms with Gasteiger partial charge in [0.2, 0.25) is 0 Å². The number of aromatic nitrogens is 1. The Morgan fingerprint density at radius 1 is 0.481 bits per heavy atom. The van der Waals surface area contributed by atoms with Crippen molar-refractivity contribution in [1.29, 1.82) is 0 Å². The van der Waals surface area contributed by atoms with E-state index in [0.29, 0.717) is 0 Å². The second kappa shape index (κ2) is 11.5. The summed E-state index contributed by atoms with van der Waals surface area (Å²) in [7, 11) is 0. The van der Waals surface area contributed by atoms with Crippen molar-refractivity contribution in [3.8, 4) is 33.7 Å². The van der Waals surface area contributed by atoms with E-state index in [-0.39, 0.29) is 6.23 Å². The van der Waals surface area contributed by atoms with Gasteiger partial charge in [-0.2, -0.15) is 0 Å². The lowest BCUT2D eigenvalue weighted by molar-refractivity contribution is 0.264. The molecule has 1 aliphatic rings. The lowest BCUT2D eigenvalue weighted by atomic mass is 9.98. The second-order valence-electron chi connectivity index (χ2n) is 14.0. The Hall–Kier alpha value is -6.40. The molecule has 0 radical (unpaired) electrons. The third-order valence-electron chi connectivity index (χ3n) is 11.1. The van der Waals surface area contributed by atoms with E-state index in [4.69, 9.17) is 4.74 Å². The fourth-order valence-electron chi connectivity index (χ4n) is 8.67. The highest BCUT2D eigenvalue weighted by Crippen LogP contribution is 2.52. The molecule has 254 valence electrons. The number of benzene rings is 8. The fourth-order valence-corrected chi connectivity index (χ4v) is 11.1. The Bertz CT molecular complexity index is 3240. The van der Waals surface area contributed by atoms with E-state index in [0.717, 1.165) is 17.0 Å². The first-order chi connectivity index (χ1) is 26.8. The summed E-state index contributed by atoms with van der Waals surface area (Å²) in [5.74, 6) is 0.929. The molecule has 1 aliphatic heterocycles. The summed E-state index contributed by atoms with van der Waals surface area (Å²) in [6, 6.07) is 61.5. The molecule has 1 atom stereocenters. The molecule has 0 spiro atoms. The summed E-state index contributed by atoms with van der Waals surface area (Å²) < 4.78 is 14.6. The Morgan fingerprint density at radius 2 is 1.15 bits per heavy atom. The van der Waals surface area contributed by atoms with Gasteiger partial charge in [0.15, 0.2) is 12.0 Å². The monoisotopic (exact) mass is 726 g/mol. The van der Waals surface area contributed by atoms with Gasteiger partial charge in [-0.25, -0.2) is 0 Å². The first kappa shape index (κ1) is 30.1. The van der Waals surface area contributed by atoms with Gasteiger partial charge in [0.25, 0.3) is 0 Å². The number of nitrogens with zero attached hydrogens (tertiary/aromatic N) is 1. The summed E-state index contributed by atoms with van der Waals surface area (Å²) >= 11 is 3.71. The van der Waals surface area contributed by atoms with Crippen LogP contribution in [0.3, 0.4) is 0 Å². The summed E-state index contributed by atoms with van der Waals surface area (Å²) in [5.41, 5.74) is 10.7. The third kappa shape index (κ3) is 4.34. The molecule has 11 aromatic rings.